The lowest BCUT2D eigenvalue weighted by Gasteiger charge is -2.36. The maximum absolute atomic E-state index is 13.2. The van der Waals surface area contributed by atoms with Gasteiger partial charge < -0.3 is 4.90 Å². The van der Waals surface area contributed by atoms with Crippen LogP contribution in [0.4, 0.5) is 5.69 Å². The van der Waals surface area contributed by atoms with E-state index in [0.717, 1.165) is 36.2 Å². The lowest BCUT2D eigenvalue weighted by molar-refractivity contribution is -0.119. The molecule has 6 heteroatoms. The van der Waals surface area contributed by atoms with Crippen LogP contribution in [0, 0.1) is 0 Å². The monoisotopic (exact) mass is 350 g/mol. The minimum atomic E-state index is -3.54. The lowest BCUT2D eigenvalue weighted by Crippen LogP contribution is -2.42. The van der Waals surface area contributed by atoms with E-state index in [1.54, 1.807) is 16.4 Å². The van der Waals surface area contributed by atoms with Gasteiger partial charge in [-0.3, -0.25) is 4.79 Å². The molecule has 0 saturated heterocycles. The van der Waals surface area contributed by atoms with Crippen molar-refractivity contribution in [3.63, 3.8) is 0 Å². The fraction of sp³-hybridized carbons (Fsp3) is 0.611. The smallest absolute Gasteiger partial charge is 0.243 e. The standard InChI is InChI=1S/C18H26N2O3S/c1-12(2)20(13(3)4)24(22,23)16-10-14-6-5-9-19-17(21)8-7-15(11-16)18(14)19/h10-13H,5-9H2,1-4H3. The van der Waals surface area contributed by atoms with Crippen LogP contribution in [0.3, 0.4) is 0 Å². The molecule has 3 rings (SSSR count). The van der Waals surface area contributed by atoms with Gasteiger partial charge in [0.25, 0.3) is 0 Å². The van der Waals surface area contributed by atoms with E-state index in [4.69, 9.17) is 0 Å². The van der Waals surface area contributed by atoms with Crippen LogP contribution in [0.5, 0.6) is 0 Å². The first-order valence-corrected chi connectivity index (χ1v) is 10.2. The highest BCUT2D eigenvalue weighted by Crippen LogP contribution is 2.38. The van der Waals surface area contributed by atoms with E-state index in [2.05, 4.69) is 0 Å². The molecule has 0 atom stereocenters. The number of sulfonamides is 1. The molecule has 1 aromatic carbocycles. The molecular formula is C18H26N2O3S. The summed E-state index contributed by atoms with van der Waals surface area (Å²) in [4.78, 5) is 14.4. The Hall–Kier alpha value is -1.40. The van der Waals surface area contributed by atoms with Crippen LogP contribution < -0.4 is 4.90 Å². The summed E-state index contributed by atoms with van der Waals surface area (Å²) in [5.41, 5.74) is 2.97. The summed E-state index contributed by atoms with van der Waals surface area (Å²) in [5, 5.41) is 0. The third kappa shape index (κ3) is 2.75. The SMILES string of the molecule is CC(C)N(C(C)C)S(=O)(=O)c1cc2c3c(c1)CCC(=O)N3CCC2. The van der Waals surface area contributed by atoms with Crippen LogP contribution in [-0.2, 0) is 27.7 Å². The second kappa shape index (κ2) is 6.15. The van der Waals surface area contributed by atoms with Gasteiger partial charge in [0.2, 0.25) is 15.9 Å². The maximum Gasteiger partial charge on any atom is 0.243 e. The van der Waals surface area contributed by atoms with Gasteiger partial charge in [0.15, 0.2) is 0 Å². The molecule has 5 nitrogen and oxygen atoms in total. The Labute approximate surface area is 144 Å². The second-order valence-electron chi connectivity index (χ2n) is 7.26. The van der Waals surface area contributed by atoms with Crippen LogP contribution in [-0.4, -0.2) is 37.3 Å². The number of benzene rings is 1. The van der Waals surface area contributed by atoms with Gasteiger partial charge in [-0.1, -0.05) is 0 Å². The fourth-order valence-electron chi connectivity index (χ4n) is 4.04. The van der Waals surface area contributed by atoms with E-state index in [0.29, 0.717) is 17.7 Å². The van der Waals surface area contributed by atoms with E-state index >= 15 is 0 Å². The summed E-state index contributed by atoms with van der Waals surface area (Å²) >= 11 is 0. The fourth-order valence-corrected chi connectivity index (χ4v) is 5.98. The molecule has 0 bridgehead atoms. The largest absolute Gasteiger partial charge is 0.312 e. The molecule has 0 N–H and O–H groups in total. The minimum absolute atomic E-state index is 0.0968. The molecule has 0 fully saturated rings. The first-order chi connectivity index (χ1) is 11.2. The van der Waals surface area contributed by atoms with Gasteiger partial charge in [-0.2, -0.15) is 4.31 Å². The summed E-state index contributed by atoms with van der Waals surface area (Å²) in [5.74, 6) is 0.157. The number of anilines is 1. The summed E-state index contributed by atoms with van der Waals surface area (Å²) in [6, 6.07) is 3.38. The van der Waals surface area contributed by atoms with Crippen LogP contribution >= 0.6 is 0 Å². The third-order valence-corrected chi connectivity index (χ3v) is 7.07. The second-order valence-corrected chi connectivity index (χ2v) is 9.10. The summed E-state index contributed by atoms with van der Waals surface area (Å²) in [6.07, 6.45) is 2.82. The Morgan fingerprint density at radius 2 is 1.58 bits per heavy atom. The summed E-state index contributed by atoms with van der Waals surface area (Å²) in [6.45, 7) is 8.36. The third-order valence-electron chi connectivity index (χ3n) is 4.84. The van der Waals surface area contributed by atoms with Crippen molar-refractivity contribution in [2.45, 2.75) is 70.4 Å². The first kappa shape index (κ1) is 17.4. The van der Waals surface area contributed by atoms with Crippen LogP contribution in [0.25, 0.3) is 0 Å². The Kier molecular flexibility index (Phi) is 4.47. The maximum atomic E-state index is 13.2. The van der Waals surface area contributed by atoms with Crippen LogP contribution in [0.1, 0.15) is 51.7 Å². The Morgan fingerprint density at radius 1 is 1.00 bits per heavy atom. The lowest BCUT2D eigenvalue weighted by atomic mass is 9.92. The molecule has 2 aliphatic heterocycles. The number of rotatable bonds is 4. The number of carbonyl (C=O) groups excluding carboxylic acids is 1. The molecule has 132 valence electrons. The quantitative estimate of drug-likeness (QED) is 0.839. The predicted octanol–water partition coefficient (Wildman–Crippen LogP) is 2.72. The molecule has 0 spiro atoms. The Morgan fingerprint density at radius 3 is 2.17 bits per heavy atom. The van der Waals surface area contributed by atoms with Gasteiger partial charge in [-0.05, 0) is 70.2 Å². The zero-order valence-electron chi connectivity index (χ0n) is 14.9. The molecule has 1 amide bonds. The van der Waals surface area contributed by atoms with Crippen molar-refractivity contribution >= 4 is 21.6 Å². The number of hydrogen-bond acceptors (Lipinski definition) is 3. The van der Waals surface area contributed by atoms with Crippen molar-refractivity contribution in [3.8, 4) is 0 Å². The van der Waals surface area contributed by atoms with Gasteiger partial charge in [-0.25, -0.2) is 8.42 Å². The molecule has 2 aliphatic rings. The zero-order chi connectivity index (χ0) is 17.6. The molecule has 1 aromatic rings. The summed E-state index contributed by atoms with van der Waals surface area (Å²) < 4.78 is 27.9. The highest BCUT2D eigenvalue weighted by Gasteiger charge is 2.34. The molecule has 0 unspecified atom stereocenters. The van der Waals surface area contributed by atoms with E-state index in [-0.39, 0.29) is 18.0 Å². The number of aryl methyl sites for hydroxylation is 2. The number of hydrogen-bond donors (Lipinski definition) is 0. The van der Waals surface area contributed by atoms with Gasteiger partial charge in [0.1, 0.15) is 0 Å². The Balaban J connectivity index is 2.13. The Bertz CT molecular complexity index is 743. The van der Waals surface area contributed by atoms with Gasteiger partial charge in [0.05, 0.1) is 10.6 Å². The molecular weight excluding hydrogens is 324 g/mol. The predicted molar refractivity (Wildman–Crippen MR) is 94.7 cm³/mol. The minimum Gasteiger partial charge on any atom is -0.312 e. The van der Waals surface area contributed by atoms with Crippen molar-refractivity contribution in [2.75, 3.05) is 11.4 Å². The van der Waals surface area contributed by atoms with Gasteiger partial charge in [0, 0.05) is 25.0 Å². The number of amides is 1. The highest BCUT2D eigenvalue weighted by atomic mass is 32.2. The molecule has 24 heavy (non-hydrogen) atoms. The molecule has 0 radical (unpaired) electrons. The van der Waals surface area contributed by atoms with Crippen molar-refractivity contribution in [1.29, 1.82) is 0 Å². The summed E-state index contributed by atoms with van der Waals surface area (Å²) in [7, 11) is -3.54. The topological polar surface area (TPSA) is 57.7 Å². The van der Waals surface area contributed by atoms with Gasteiger partial charge >= 0.3 is 0 Å². The van der Waals surface area contributed by atoms with Crippen LogP contribution in [0.15, 0.2) is 17.0 Å². The van der Waals surface area contributed by atoms with E-state index in [9.17, 15) is 13.2 Å². The van der Waals surface area contributed by atoms with E-state index in [1.807, 2.05) is 32.6 Å². The molecule has 0 saturated carbocycles. The van der Waals surface area contributed by atoms with Crippen molar-refractivity contribution in [3.05, 3.63) is 23.3 Å². The molecule has 0 aliphatic carbocycles. The van der Waals surface area contributed by atoms with Crippen molar-refractivity contribution in [1.82, 2.24) is 4.31 Å². The first-order valence-electron chi connectivity index (χ1n) is 8.73. The van der Waals surface area contributed by atoms with Crippen molar-refractivity contribution < 1.29 is 13.2 Å². The number of carbonyl (C=O) groups is 1. The highest BCUT2D eigenvalue weighted by molar-refractivity contribution is 7.89. The average molecular weight is 350 g/mol. The average Bonchev–Trinajstić information content (AvgIpc) is 2.49. The number of nitrogens with zero attached hydrogens (tertiary/aromatic N) is 2. The van der Waals surface area contributed by atoms with E-state index in [1.165, 1.54) is 0 Å². The van der Waals surface area contributed by atoms with Gasteiger partial charge in [-0.15, -0.1) is 0 Å². The van der Waals surface area contributed by atoms with Crippen molar-refractivity contribution in [2.24, 2.45) is 0 Å². The van der Waals surface area contributed by atoms with E-state index < -0.39 is 10.0 Å². The normalized spacial score (nSPS) is 17.8. The van der Waals surface area contributed by atoms with Crippen LogP contribution in [0.2, 0.25) is 0 Å². The molecule has 0 aromatic heterocycles. The molecule has 2 heterocycles. The zero-order valence-corrected chi connectivity index (χ0v) is 15.7.